The maximum Gasteiger partial charge on any atom is 0.314 e. The van der Waals surface area contributed by atoms with Gasteiger partial charge in [0.2, 0.25) is 0 Å². The van der Waals surface area contributed by atoms with Gasteiger partial charge < -0.3 is 54.3 Å². The van der Waals surface area contributed by atoms with Crippen LogP contribution in [0.2, 0.25) is 0 Å². The van der Waals surface area contributed by atoms with Crippen LogP contribution < -0.4 is 0 Å². The molecule has 0 amide bonds. The van der Waals surface area contributed by atoms with Crippen molar-refractivity contribution in [1.82, 2.24) is 0 Å². The molecule has 2 aliphatic rings. The molecule has 218 valence electrons. The highest BCUT2D eigenvalue weighted by Crippen LogP contribution is 2.41. The number of aliphatic hydroxyl groups excluding tert-OH is 4. The van der Waals surface area contributed by atoms with E-state index in [-0.39, 0.29) is 17.9 Å². The van der Waals surface area contributed by atoms with Gasteiger partial charge in [-0.15, -0.1) is 0 Å². The van der Waals surface area contributed by atoms with Crippen molar-refractivity contribution in [2.75, 3.05) is 26.9 Å². The number of allylic oxidation sites excluding steroid dienone is 1. The van der Waals surface area contributed by atoms with E-state index in [1.165, 1.54) is 25.1 Å². The van der Waals surface area contributed by atoms with Gasteiger partial charge in [0, 0.05) is 12.0 Å². The number of aliphatic hydroxyl groups is 5. The number of ether oxygens (including phenoxy) is 5. The van der Waals surface area contributed by atoms with Crippen molar-refractivity contribution < 1.29 is 59.1 Å². The van der Waals surface area contributed by atoms with Gasteiger partial charge in [-0.2, -0.15) is 4.91 Å². The van der Waals surface area contributed by atoms with Crippen LogP contribution >= 0.6 is 0 Å². The van der Waals surface area contributed by atoms with Crippen LogP contribution in [0.4, 0.5) is 0 Å². The number of hydrogen-bond donors (Lipinski definition) is 6. The van der Waals surface area contributed by atoms with Crippen molar-refractivity contribution >= 4 is 5.97 Å². The Bertz CT molecular complexity index is 989. The molecule has 1 aromatic carbocycles. The summed E-state index contributed by atoms with van der Waals surface area (Å²) in [5, 5.41) is 64.4. The van der Waals surface area contributed by atoms with E-state index < -0.39 is 80.3 Å². The molecule has 0 radical (unpaired) electrons. The van der Waals surface area contributed by atoms with E-state index in [2.05, 4.69) is 5.18 Å². The Balaban J connectivity index is 1.77. The maximum absolute atomic E-state index is 12.6. The number of carbonyl (C=O) groups is 1. The molecule has 9 atom stereocenters. The number of nitroso groups, excluding NO2 is 1. The minimum absolute atomic E-state index is 0.0280. The Labute approximate surface area is 224 Å². The number of esters is 1. The number of hydrogen-bond acceptors (Lipinski definition) is 14. The first-order valence-electron chi connectivity index (χ1n) is 12.4. The Morgan fingerprint density at radius 2 is 1.95 bits per heavy atom. The fourth-order valence-electron chi connectivity index (χ4n) is 4.69. The summed E-state index contributed by atoms with van der Waals surface area (Å²) in [7, 11) is 1.13. The zero-order valence-corrected chi connectivity index (χ0v) is 21.5. The lowest BCUT2D eigenvalue weighted by molar-refractivity contribution is -0.315. The summed E-state index contributed by atoms with van der Waals surface area (Å²) in [5.41, 5.74) is -1.30. The molecule has 0 spiro atoms. The zero-order chi connectivity index (χ0) is 28.7. The summed E-state index contributed by atoms with van der Waals surface area (Å²) < 4.78 is 27.1. The first-order chi connectivity index (χ1) is 18.6. The molecule has 3 rings (SSSR count). The third kappa shape index (κ3) is 6.98. The van der Waals surface area contributed by atoms with Gasteiger partial charge in [0.1, 0.15) is 35.6 Å². The van der Waals surface area contributed by atoms with Crippen LogP contribution in [0.25, 0.3) is 0 Å². The van der Waals surface area contributed by atoms with E-state index in [9.17, 15) is 40.3 Å². The number of rotatable bonds is 11. The standard InChI is InChI=1S/C25H35NO13/c1-3-15-23(39-24-19(26-34)21(31)20(30)17(11-27)38-24)37-12-16(22(32)35-2)25(15,33)10-18(29)36-9-8-13-4-6-14(28)7-5-13/h3-7,16-21,23-24,27-31,33H,8-12H2,1-2H3/b15-3-/t16?,17?,18?,19?,20?,21?,23-,24?,25+/m0/s1. The Morgan fingerprint density at radius 3 is 2.54 bits per heavy atom. The minimum Gasteiger partial charge on any atom is -0.508 e. The van der Waals surface area contributed by atoms with Crippen LogP contribution in [0.3, 0.4) is 0 Å². The summed E-state index contributed by atoms with van der Waals surface area (Å²) >= 11 is 0. The molecule has 0 aliphatic carbocycles. The fraction of sp³-hybridized carbons (Fsp3) is 0.640. The van der Waals surface area contributed by atoms with E-state index in [1.54, 1.807) is 12.1 Å². The SMILES string of the molecule is C/C=C1/[C@H](OC2OC(CO)C(O)C(O)C2N=O)OCC(C(=O)OC)[C@@]1(O)CC(O)OCCc1ccc(O)cc1. The Kier molecular flexibility index (Phi) is 10.9. The highest BCUT2D eigenvalue weighted by molar-refractivity contribution is 5.75. The molecule has 0 bridgehead atoms. The highest BCUT2D eigenvalue weighted by atomic mass is 16.8. The van der Waals surface area contributed by atoms with E-state index in [0.717, 1.165) is 12.7 Å². The van der Waals surface area contributed by atoms with Gasteiger partial charge in [-0.1, -0.05) is 23.4 Å². The molecule has 1 aromatic rings. The molecule has 39 heavy (non-hydrogen) atoms. The predicted octanol–water partition coefficient (Wildman–Crippen LogP) is -0.927. The maximum atomic E-state index is 12.6. The second kappa shape index (κ2) is 13.7. The van der Waals surface area contributed by atoms with Crippen LogP contribution in [-0.2, 0) is 34.9 Å². The number of aromatic hydroxyl groups is 1. The molecule has 0 aromatic heterocycles. The molecule has 2 aliphatic heterocycles. The smallest absolute Gasteiger partial charge is 0.314 e. The third-order valence-electron chi connectivity index (χ3n) is 6.89. The summed E-state index contributed by atoms with van der Waals surface area (Å²) in [5.74, 6) is -2.02. The topological polar surface area (TPSA) is 214 Å². The monoisotopic (exact) mass is 557 g/mol. The molecule has 2 heterocycles. The summed E-state index contributed by atoms with van der Waals surface area (Å²) in [6.07, 6.45) is -7.92. The first kappa shape index (κ1) is 31.0. The Morgan fingerprint density at radius 1 is 1.26 bits per heavy atom. The second-order valence-electron chi connectivity index (χ2n) is 9.29. The van der Waals surface area contributed by atoms with E-state index in [0.29, 0.717) is 6.42 Å². The number of benzene rings is 1. The van der Waals surface area contributed by atoms with Crippen LogP contribution in [0.1, 0.15) is 18.9 Å². The lowest BCUT2D eigenvalue weighted by Crippen LogP contribution is -2.61. The number of phenolic OH excluding ortho intramolecular Hbond substituents is 1. The van der Waals surface area contributed by atoms with Crippen LogP contribution in [0.5, 0.6) is 5.75 Å². The second-order valence-corrected chi connectivity index (χ2v) is 9.29. The van der Waals surface area contributed by atoms with Gasteiger partial charge in [0.05, 0.1) is 26.9 Å². The lowest BCUT2D eigenvalue weighted by atomic mass is 9.76. The number of phenols is 1. The average molecular weight is 558 g/mol. The summed E-state index contributed by atoms with van der Waals surface area (Å²) in [4.78, 5) is 24.0. The number of carbonyl (C=O) groups excluding carboxylic acids is 1. The van der Waals surface area contributed by atoms with E-state index in [4.69, 9.17) is 23.7 Å². The molecule has 2 saturated heterocycles. The number of nitrogens with zero attached hydrogens (tertiary/aromatic N) is 1. The molecule has 7 unspecified atom stereocenters. The van der Waals surface area contributed by atoms with Crippen LogP contribution in [-0.4, -0.2) is 112 Å². The van der Waals surface area contributed by atoms with E-state index >= 15 is 0 Å². The molecule has 0 saturated carbocycles. The molecule has 2 fully saturated rings. The lowest BCUT2D eigenvalue weighted by Gasteiger charge is -2.46. The zero-order valence-electron chi connectivity index (χ0n) is 21.5. The fourth-order valence-corrected chi connectivity index (χ4v) is 4.69. The van der Waals surface area contributed by atoms with Gasteiger partial charge >= 0.3 is 5.97 Å². The largest absolute Gasteiger partial charge is 0.508 e. The van der Waals surface area contributed by atoms with Gasteiger partial charge in [0.15, 0.2) is 24.9 Å². The van der Waals surface area contributed by atoms with Crippen molar-refractivity contribution in [2.24, 2.45) is 11.1 Å². The molecule has 14 heteroatoms. The summed E-state index contributed by atoms with van der Waals surface area (Å²) in [6.45, 7) is 0.446. The van der Waals surface area contributed by atoms with Crippen molar-refractivity contribution in [3.8, 4) is 5.75 Å². The highest BCUT2D eigenvalue weighted by Gasteiger charge is 2.55. The third-order valence-corrected chi connectivity index (χ3v) is 6.89. The van der Waals surface area contributed by atoms with Gasteiger partial charge in [0.25, 0.3) is 0 Å². The molecule has 14 nitrogen and oxygen atoms in total. The quantitative estimate of drug-likeness (QED) is 0.0841. The van der Waals surface area contributed by atoms with Crippen molar-refractivity contribution in [1.29, 1.82) is 0 Å². The molecular formula is C25H35NO13. The van der Waals surface area contributed by atoms with Gasteiger partial charge in [-0.25, -0.2) is 0 Å². The van der Waals surface area contributed by atoms with Gasteiger partial charge in [-0.3, -0.25) is 4.79 Å². The molecule has 6 N–H and O–H groups in total. The Hall–Kier alpha value is -2.53. The van der Waals surface area contributed by atoms with E-state index in [1.807, 2.05) is 0 Å². The summed E-state index contributed by atoms with van der Waals surface area (Å²) in [6, 6.07) is 4.80. The average Bonchev–Trinajstić information content (AvgIpc) is 2.91. The van der Waals surface area contributed by atoms with Crippen molar-refractivity contribution in [2.45, 2.75) is 68.6 Å². The minimum atomic E-state index is -2.10. The first-order valence-corrected chi connectivity index (χ1v) is 12.4. The van der Waals surface area contributed by atoms with Crippen LogP contribution in [0.15, 0.2) is 41.1 Å². The normalized spacial score (nSPS) is 34.9. The van der Waals surface area contributed by atoms with Crippen molar-refractivity contribution in [3.63, 3.8) is 0 Å². The predicted molar refractivity (Wildman–Crippen MR) is 131 cm³/mol. The van der Waals surface area contributed by atoms with Crippen molar-refractivity contribution in [3.05, 3.63) is 46.4 Å². The number of methoxy groups -OCH3 is 1. The molecular weight excluding hydrogens is 522 g/mol. The van der Waals surface area contributed by atoms with Gasteiger partial charge in [-0.05, 0) is 31.0 Å². The van der Waals surface area contributed by atoms with Crippen LogP contribution in [0, 0.1) is 10.8 Å².